The molecular formula is C16H14O. The van der Waals surface area contributed by atoms with Crippen molar-refractivity contribution in [3.63, 3.8) is 0 Å². The van der Waals surface area contributed by atoms with Gasteiger partial charge >= 0.3 is 0 Å². The van der Waals surface area contributed by atoms with Gasteiger partial charge in [-0.05, 0) is 34.9 Å². The zero-order chi connectivity index (χ0) is 11.8. The van der Waals surface area contributed by atoms with Gasteiger partial charge in [0.2, 0.25) is 0 Å². The number of phenols is 1. The average molecular weight is 222 g/mol. The predicted octanol–water partition coefficient (Wildman–Crippen LogP) is 4.26. The Balaban J connectivity index is 2.46. The van der Waals surface area contributed by atoms with Gasteiger partial charge in [-0.25, -0.2) is 0 Å². The van der Waals surface area contributed by atoms with E-state index < -0.39 is 0 Å². The summed E-state index contributed by atoms with van der Waals surface area (Å²) in [6.07, 6.45) is 0.988. The van der Waals surface area contributed by atoms with Crippen LogP contribution in [-0.2, 0) is 6.42 Å². The molecule has 0 bridgehead atoms. The van der Waals surface area contributed by atoms with Crippen LogP contribution in [-0.4, -0.2) is 5.11 Å². The Morgan fingerprint density at radius 3 is 2.47 bits per heavy atom. The van der Waals surface area contributed by atoms with Crippen LogP contribution in [0, 0.1) is 0 Å². The first-order valence-electron chi connectivity index (χ1n) is 5.93. The molecule has 17 heavy (non-hydrogen) atoms. The molecule has 0 amide bonds. The van der Waals surface area contributed by atoms with Gasteiger partial charge in [0.25, 0.3) is 0 Å². The van der Waals surface area contributed by atoms with Crippen molar-refractivity contribution in [3.8, 4) is 5.75 Å². The second-order valence-electron chi connectivity index (χ2n) is 4.36. The van der Waals surface area contributed by atoms with Crippen LogP contribution in [0.25, 0.3) is 21.5 Å². The number of fused-ring (bicyclic) bond motifs is 2. The molecule has 0 aliphatic rings. The van der Waals surface area contributed by atoms with E-state index in [1.54, 1.807) is 0 Å². The fourth-order valence-electron chi connectivity index (χ4n) is 2.31. The van der Waals surface area contributed by atoms with Crippen LogP contribution in [0.3, 0.4) is 0 Å². The topological polar surface area (TPSA) is 20.2 Å². The van der Waals surface area contributed by atoms with Crippen molar-refractivity contribution in [2.45, 2.75) is 13.3 Å². The summed E-state index contributed by atoms with van der Waals surface area (Å²) in [5, 5.41) is 14.4. The second-order valence-corrected chi connectivity index (χ2v) is 4.36. The predicted molar refractivity (Wildman–Crippen MR) is 72.5 cm³/mol. The molecule has 3 aromatic carbocycles. The van der Waals surface area contributed by atoms with Crippen molar-refractivity contribution in [3.05, 3.63) is 54.1 Å². The summed E-state index contributed by atoms with van der Waals surface area (Å²) in [5.41, 5.74) is 1.25. The zero-order valence-corrected chi connectivity index (χ0v) is 9.77. The summed E-state index contributed by atoms with van der Waals surface area (Å²) in [6.45, 7) is 2.12. The summed E-state index contributed by atoms with van der Waals surface area (Å²) in [7, 11) is 0. The molecule has 0 atom stereocenters. The van der Waals surface area contributed by atoms with Crippen LogP contribution in [0.1, 0.15) is 12.5 Å². The number of rotatable bonds is 1. The van der Waals surface area contributed by atoms with Gasteiger partial charge in [0, 0.05) is 10.8 Å². The van der Waals surface area contributed by atoms with E-state index in [0.29, 0.717) is 5.75 Å². The van der Waals surface area contributed by atoms with Crippen LogP contribution in [0.5, 0.6) is 5.75 Å². The van der Waals surface area contributed by atoms with Gasteiger partial charge in [-0.15, -0.1) is 0 Å². The van der Waals surface area contributed by atoms with Gasteiger partial charge in [-0.2, -0.15) is 0 Å². The van der Waals surface area contributed by atoms with Crippen molar-refractivity contribution in [2.75, 3.05) is 0 Å². The fraction of sp³-hybridized carbons (Fsp3) is 0.125. The highest BCUT2D eigenvalue weighted by Gasteiger charge is 2.06. The van der Waals surface area contributed by atoms with Gasteiger partial charge in [0.15, 0.2) is 0 Å². The minimum absolute atomic E-state index is 0.397. The van der Waals surface area contributed by atoms with Gasteiger partial charge in [-0.1, -0.05) is 43.3 Å². The Labute approximate surface area is 100 Å². The molecule has 0 spiro atoms. The normalized spacial score (nSPS) is 11.1. The number of aryl methyl sites for hydroxylation is 1. The standard InChI is InChI=1S/C16H14O/c1-2-11-7-8-13-10-12-5-3-4-6-14(12)16(17)15(13)9-11/h3-10,17H,2H2,1H3. The Bertz CT molecular complexity index is 698. The first-order valence-corrected chi connectivity index (χ1v) is 5.93. The SMILES string of the molecule is CCc1ccc2cc3ccccc3c(O)c2c1. The Kier molecular flexibility index (Phi) is 2.25. The lowest BCUT2D eigenvalue weighted by molar-refractivity contribution is 0.488. The molecule has 0 fully saturated rings. The van der Waals surface area contributed by atoms with Crippen molar-refractivity contribution < 1.29 is 5.11 Å². The highest BCUT2D eigenvalue weighted by Crippen LogP contribution is 2.34. The number of phenolic OH excluding ortho intramolecular Hbond substituents is 1. The molecule has 3 aromatic rings. The van der Waals surface area contributed by atoms with Crippen molar-refractivity contribution in [2.24, 2.45) is 0 Å². The third-order valence-electron chi connectivity index (χ3n) is 3.31. The first kappa shape index (κ1) is 10.2. The molecular weight excluding hydrogens is 208 g/mol. The lowest BCUT2D eigenvalue weighted by atomic mass is 10.00. The molecule has 1 N–H and O–H groups in total. The maximum Gasteiger partial charge on any atom is 0.131 e. The summed E-state index contributed by atoms with van der Waals surface area (Å²) in [6, 6.07) is 16.4. The molecule has 0 saturated heterocycles. The minimum Gasteiger partial charge on any atom is -0.507 e. The maximum absolute atomic E-state index is 10.3. The van der Waals surface area contributed by atoms with Crippen LogP contribution < -0.4 is 0 Å². The van der Waals surface area contributed by atoms with E-state index in [1.165, 1.54) is 5.56 Å². The summed E-state index contributed by atoms with van der Waals surface area (Å²) < 4.78 is 0. The summed E-state index contributed by atoms with van der Waals surface area (Å²) in [5.74, 6) is 0.397. The van der Waals surface area contributed by atoms with Gasteiger partial charge in [0.1, 0.15) is 5.75 Å². The van der Waals surface area contributed by atoms with E-state index in [4.69, 9.17) is 0 Å². The van der Waals surface area contributed by atoms with Gasteiger partial charge < -0.3 is 5.11 Å². The molecule has 1 nitrogen and oxygen atoms in total. The molecule has 0 radical (unpaired) electrons. The van der Waals surface area contributed by atoms with Crippen molar-refractivity contribution >= 4 is 21.5 Å². The first-order chi connectivity index (χ1) is 8.29. The van der Waals surface area contributed by atoms with Crippen LogP contribution in [0.2, 0.25) is 0 Å². The average Bonchev–Trinajstić information content (AvgIpc) is 2.39. The Morgan fingerprint density at radius 1 is 0.882 bits per heavy atom. The molecule has 0 aromatic heterocycles. The lowest BCUT2D eigenvalue weighted by Gasteiger charge is -2.07. The van der Waals surface area contributed by atoms with Crippen LogP contribution >= 0.6 is 0 Å². The minimum atomic E-state index is 0.397. The zero-order valence-electron chi connectivity index (χ0n) is 9.77. The molecule has 0 unspecified atom stereocenters. The Morgan fingerprint density at radius 2 is 1.65 bits per heavy atom. The van der Waals surface area contributed by atoms with Crippen LogP contribution in [0.15, 0.2) is 48.5 Å². The third-order valence-corrected chi connectivity index (χ3v) is 3.31. The highest BCUT2D eigenvalue weighted by atomic mass is 16.3. The van der Waals surface area contributed by atoms with Gasteiger partial charge in [0.05, 0.1) is 0 Å². The second kappa shape index (κ2) is 3.77. The lowest BCUT2D eigenvalue weighted by Crippen LogP contribution is -1.83. The smallest absolute Gasteiger partial charge is 0.131 e. The van der Waals surface area contributed by atoms with Crippen molar-refractivity contribution in [1.82, 2.24) is 0 Å². The molecule has 0 saturated carbocycles. The summed E-state index contributed by atoms with van der Waals surface area (Å²) in [4.78, 5) is 0. The number of hydrogen-bond donors (Lipinski definition) is 1. The molecule has 84 valence electrons. The molecule has 1 heteroatoms. The van der Waals surface area contributed by atoms with Gasteiger partial charge in [-0.3, -0.25) is 0 Å². The van der Waals surface area contributed by atoms with E-state index in [2.05, 4.69) is 31.2 Å². The molecule has 3 rings (SSSR count). The van der Waals surface area contributed by atoms with E-state index in [9.17, 15) is 5.11 Å². The van der Waals surface area contributed by atoms with E-state index in [1.807, 2.05) is 24.3 Å². The molecule has 0 aliphatic carbocycles. The number of aromatic hydroxyl groups is 1. The Hall–Kier alpha value is -2.02. The third kappa shape index (κ3) is 1.55. The van der Waals surface area contributed by atoms with Crippen LogP contribution in [0.4, 0.5) is 0 Å². The highest BCUT2D eigenvalue weighted by molar-refractivity contribution is 6.05. The number of hydrogen-bond acceptors (Lipinski definition) is 1. The largest absolute Gasteiger partial charge is 0.507 e. The monoisotopic (exact) mass is 222 g/mol. The number of benzene rings is 3. The molecule has 0 heterocycles. The summed E-state index contributed by atoms with van der Waals surface area (Å²) >= 11 is 0. The fourth-order valence-corrected chi connectivity index (χ4v) is 2.31. The molecule has 0 aliphatic heterocycles. The van der Waals surface area contributed by atoms with E-state index in [-0.39, 0.29) is 0 Å². The maximum atomic E-state index is 10.3. The van der Waals surface area contributed by atoms with E-state index >= 15 is 0 Å². The van der Waals surface area contributed by atoms with E-state index in [0.717, 1.165) is 28.0 Å². The quantitative estimate of drug-likeness (QED) is 0.610. The van der Waals surface area contributed by atoms with Crippen molar-refractivity contribution in [1.29, 1.82) is 0 Å².